The SMILES string of the molecule is CCN[C@H](C)CNS(=O)(=O)c1c(F)cccc1Cl.Cl. The van der Waals surface area contributed by atoms with Crippen molar-refractivity contribution in [3.63, 3.8) is 0 Å². The fourth-order valence-electron chi connectivity index (χ4n) is 1.47. The average Bonchev–Trinajstić information content (AvgIpc) is 2.26. The Kier molecular flexibility index (Phi) is 7.85. The van der Waals surface area contributed by atoms with Crippen LogP contribution in [-0.4, -0.2) is 27.5 Å². The zero-order valence-corrected chi connectivity index (χ0v) is 13.0. The Labute approximate surface area is 124 Å². The van der Waals surface area contributed by atoms with E-state index in [4.69, 9.17) is 11.6 Å². The predicted molar refractivity (Wildman–Crippen MR) is 77.0 cm³/mol. The van der Waals surface area contributed by atoms with Gasteiger partial charge < -0.3 is 5.32 Å². The van der Waals surface area contributed by atoms with Gasteiger partial charge in [0.25, 0.3) is 0 Å². The summed E-state index contributed by atoms with van der Waals surface area (Å²) in [6, 6.07) is 3.72. The van der Waals surface area contributed by atoms with E-state index in [-0.39, 0.29) is 30.0 Å². The molecular weight excluding hydrogens is 314 g/mol. The number of halogens is 3. The molecule has 0 spiro atoms. The highest BCUT2D eigenvalue weighted by molar-refractivity contribution is 7.89. The van der Waals surface area contributed by atoms with E-state index in [0.717, 1.165) is 12.6 Å². The van der Waals surface area contributed by atoms with E-state index in [1.807, 2.05) is 13.8 Å². The lowest BCUT2D eigenvalue weighted by Crippen LogP contribution is -2.39. The molecule has 1 atom stereocenters. The first-order valence-corrected chi connectivity index (χ1v) is 7.41. The van der Waals surface area contributed by atoms with Gasteiger partial charge >= 0.3 is 0 Å². The molecule has 0 heterocycles. The Bertz CT molecular complexity index is 491. The van der Waals surface area contributed by atoms with Gasteiger partial charge in [-0.25, -0.2) is 17.5 Å². The molecule has 0 aliphatic rings. The number of nitrogens with one attached hydrogen (secondary N) is 2. The van der Waals surface area contributed by atoms with Crippen LogP contribution in [0.2, 0.25) is 5.02 Å². The van der Waals surface area contributed by atoms with Crippen LogP contribution in [0.3, 0.4) is 0 Å². The van der Waals surface area contributed by atoms with Crippen molar-refractivity contribution in [3.8, 4) is 0 Å². The first-order valence-electron chi connectivity index (χ1n) is 5.55. The number of likely N-dealkylation sites (N-methyl/N-ethyl adjacent to an activating group) is 1. The van der Waals surface area contributed by atoms with E-state index < -0.39 is 20.7 Å². The van der Waals surface area contributed by atoms with E-state index in [1.54, 1.807) is 0 Å². The molecule has 8 heteroatoms. The van der Waals surface area contributed by atoms with Gasteiger partial charge in [-0.1, -0.05) is 24.6 Å². The smallest absolute Gasteiger partial charge is 0.245 e. The lowest BCUT2D eigenvalue weighted by atomic mass is 10.3. The highest BCUT2D eigenvalue weighted by Crippen LogP contribution is 2.23. The summed E-state index contributed by atoms with van der Waals surface area (Å²) in [4.78, 5) is -0.504. The van der Waals surface area contributed by atoms with Gasteiger partial charge in [0.2, 0.25) is 10.0 Å². The number of rotatable bonds is 6. The summed E-state index contributed by atoms with van der Waals surface area (Å²) in [5.41, 5.74) is 0. The zero-order valence-electron chi connectivity index (χ0n) is 10.6. The summed E-state index contributed by atoms with van der Waals surface area (Å²) in [5.74, 6) is -0.855. The lowest BCUT2D eigenvalue weighted by molar-refractivity contribution is 0.528. The van der Waals surface area contributed by atoms with Crippen LogP contribution in [-0.2, 0) is 10.0 Å². The molecule has 0 saturated heterocycles. The number of hydrogen-bond donors (Lipinski definition) is 2. The molecule has 0 saturated carbocycles. The van der Waals surface area contributed by atoms with Crippen LogP contribution in [0.1, 0.15) is 13.8 Å². The van der Waals surface area contributed by atoms with Crippen molar-refractivity contribution < 1.29 is 12.8 Å². The minimum atomic E-state index is -3.93. The molecule has 0 radical (unpaired) electrons. The minimum absolute atomic E-state index is 0. The molecule has 0 aromatic heterocycles. The molecule has 0 aliphatic carbocycles. The second kappa shape index (κ2) is 8.01. The third kappa shape index (κ3) is 5.24. The van der Waals surface area contributed by atoms with Crippen molar-refractivity contribution in [2.45, 2.75) is 24.8 Å². The van der Waals surface area contributed by atoms with Gasteiger partial charge in [-0.3, -0.25) is 0 Å². The van der Waals surface area contributed by atoms with Gasteiger partial charge in [-0.15, -0.1) is 12.4 Å². The second-order valence-corrected chi connectivity index (χ2v) is 5.97. The number of hydrogen-bond acceptors (Lipinski definition) is 3. The summed E-state index contributed by atoms with van der Waals surface area (Å²) in [6.45, 7) is 4.64. The first kappa shape index (κ1) is 18.6. The van der Waals surface area contributed by atoms with Gasteiger partial charge in [0.15, 0.2) is 0 Å². The van der Waals surface area contributed by atoms with Crippen molar-refractivity contribution in [2.24, 2.45) is 0 Å². The normalized spacial score (nSPS) is 12.8. The van der Waals surface area contributed by atoms with Crippen LogP contribution >= 0.6 is 24.0 Å². The molecule has 0 amide bonds. The summed E-state index contributed by atoms with van der Waals surface area (Å²) < 4.78 is 39.7. The summed E-state index contributed by atoms with van der Waals surface area (Å²) >= 11 is 5.72. The van der Waals surface area contributed by atoms with Crippen LogP contribution in [0.15, 0.2) is 23.1 Å². The topological polar surface area (TPSA) is 58.2 Å². The molecule has 0 bridgehead atoms. The Morgan fingerprint density at radius 3 is 2.58 bits per heavy atom. The van der Waals surface area contributed by atoms with Gasteiger partial charge in [0.05, 0.1) is 5.02 Å². The Balaban J connectivity index is 0.00000324. The van der Waals surface area contributed by atoms with Crippen molar-refractivity contribution in [1.29, 1.82) is 0 Å². The monoisotopic (exact) mass is 330 g/mol. The van der Waals surface area contributed by atoms with Crippen LogP contribution in [0.4, 0.5) is 4.39 Å². The average molecular weight is 331 g/mol. The van der Waals surface area contributed by atoms with E-state index in [0.29, 0.717) is 0 Å². The molecule has 110 valence electrons. The Morgan fingerprint density at radius 2 is 2.05 bits per heavy atom. The standard InChI is InChI=1S/C11H16ClFN2O2S.ClH/c1-3-14-8(2)7-15-18(16,17)11-9(12)5-4-6-10(11)13;/h4-6,8,14-15H,3,7H2,1-2H3;1H/t8-;/m1./s1. The van der Waals surface area contributed by atoms with Gasteiger partial charge in [-0.05, 0) is 25.6 Å². The molecule has 1 aromatic carbocycles. The molecular formula is C11H17Cl2FN2O2S. The molecule has 1 rings (SSSR count). The van der Waals surface area contributed by atoms with E-state index in [2.05, 4.69) is 10.0 Å². The van der Waals surface area contributed by atoms with Crippen molar-refractivity contribution in [1.82, 2.24) is 10.0 Å². The second-order valence-electron chi connectivity index (χ2n) is 3.86. The molecule has 0 unspecified atom stereocenters. The van der Waals surface area contributed by atoms with Crippen molar-refractivity contribution in [2.75, 3.05) is 13.1 Å². The van der Waals surface area contributed by atoms with Crippen molar-refractivity contribution in [3.05, 3.63) is 29.0 Å². The predicted octanol–water partition coefficient (Wildman–Crippen LogP) is 2.18. The summed E-state index contributed by atoms with van der Waals surface area (Å²) in [7, 11) is -3.93. The molecule has 4 nitrogen and oxygen atoms in total. The van der Waals surface area contributed by atoms with E-state index in [9.17, 15) is 12.8 Å². The largest absolute Gasteiger partial charge is 0.313 e. The quantitative estimate of drug-likeness (QED) is 0.840. The third-order valence-corrected chi connectivity index (χ3v) is 4.25. The summed E-state index contributed by atoms with van der Waals surface area (Å²) in [6.07, 6.45) is 0. The molecule has 1 aromatic rings. The fraction of sp³-hybridized carbons (Fsp3) is 0.455. The maximum atomic E-state index is 13.5. The highest BCUT2D eigenvalue weighted by Gasteiger charge is 2.22. The molecule has 0 fully saturated rings. The van der Waals surface area contributed by atoms with Crippen LogP contribution < -0.4 is 10.0 Å². The maximum absolute atomic E-state index is 13.5. The van der Waals surface area contributed by atoms with E-state index >= 15 is 0 Å². The Hall–Kier alpha value is -0.400. The van der Waals surface area contributed by atoms with Crippen LogP contribution in [0.25, 0.3) is 0 Å². The van der Waals surface area contributed by atoms with Crippen LogP contribution in [0, 0.1) is 5.82 Å². The zero-order chi connectivity index (χ0) is 13.8. The van der Waals surface area contributed by atoms with Gasteiger partial charge in [0.1, 0.15) is 10.7 Å². The minimum Gasteiger partial charge on any atom is -0.313 e. The summed E-state index contributed by atoms with van der Waals surface area (Å²) in [5, 5.41) is 2.92. The highest BCUT2D eigenvalue weighted by atomic mass is 35.5. The Morgan fingerprint density at radius 1 is 1.42 bits per heavy atom. The first-order chi connectivity index (χ1) is 8.38. The number of benzene rings is 1. The fourth-order valence-corrected chi connectivity index (χ4v) is 3.20. The lowest BCUT2D eigenvalue weighted by Gasteiger charge is -2.14. The number of sulfonamides is 1. The van der Waals surface area contributed by atoms with Crippen LogP contribution in [0.5, 0.6) is 0 Å². The molecule has 0 aliphatic heterocycles. The van der Waals surface area contributed by atoms with Gasteiger partial charge in [-0.2, -0.15) is 0 Å². The van der Waals surface area contributed by atoms with E-state index in [1.165, 1.54) is 12.1 Å². The van der Waals surface area contributed by atoms with Gasteiger partial charge in [0, 0.05) is 12.6 Å². The van der Waals surface area contributed by atoms with Crippen molar-refractivity contribution >= 4 is 34.0 Å². The third-order valence-electron chi connectivity index (χ3n) is 2.32. The molecule has 2 N–H and O–H groups in total. The molecule has 19 heavy (non-hydrogen) atoms. The maximum Gasteiger partial charge on any atom is 0.245 e.